The summed E-state index contributed by atoms with van der Waals surface area (Å²) in [6.07, 6.45) is 0.815. The summed E-state index contributed by atoms with van der Waals surface area (Å²) in [6.45, 7) is 5.02. The van der Waals surface area contributed by atoms with E-state index in [9.17, 15) is 5.11 Å². The van der Waals surface area contributed by atoms with Crippen molar-refractivity contribution in [3.8, 4) is 5.75 Å². The molecule has 3 heteroatoms. The molecule has 17 heavy (non-hydrogen) atoms. The zero-order chi connectivity index (χ0) is 11.8. The molecule has 0 aliphatic carbocycles. The van der Waals surface area contributed by atoms with E-state index in [-0.39, 0.29) is 6.04 Å². The van der Waals surface area contributed by atoms with Crippen LogP contribution in [0.5, 0.6) is 5.75 Å². The molecular formula is C14H19NO2. The lowest BCUT2D eigenvalue weighted by Crippen LogP contribution is -2.44. The van der Waals surface area contributed by atoms with Crippen molar-refractivity contribution in [2.45, 2.75) is 25.5 Å². The van der Waals surface area contributed by atoms with Crippen molar-refractivity contribution < 1.29 is 9.84 Å². The molecule has 1 fully saturated rings. The van der Waals surface area contributed by atoms with Gasteiger partial charge < -0.3 is 9.84 Å². The highest BCUT2D eigenvalue weighted by Crippen LogP contribution is 2.35. The molecular weight excluding hydrogens is 214 g/mol. The number of nitrogens with zero attached hydrogens (tertiary/aromatic N) is 1. The van der Waals surface area contributed by atoms with Crippen LogP contribution in [0.3, 0.4) is 0 Å². The molecule has 0 radical (unpaired) electrons. The molecule has 0 aromatic heterocycles. The van der Waals surface area contributed by atoms with Gasteiger partial charge >= 0.3 is 0 Å². The van der Waals surface area contributed by atoms with Gasteiger partial charge in [0.05, 0.1) is 6.04 Å². The van der Waals surface area contributed by atoms with Crippen LogP contribution in [0.1, 0.15) is 25.0 Å². The maximum Gasteiger partial charge on any atom is 0.125 e. The summed E-state index contributed by atoms with van der Waals surface area (Å²) < 4.78 is 5.75. The number of hydrogen-bond acceptors (Lipinski definition) is 3. The average molecular weight is 233 g/mol. The van der Waals surface area contributed by atoms with E-state index in [1.165, 1.54) is 6.42 Å². The Morgan fingerprint density at radius 3 is 2.94 bits per heavy atom. The predicted molar refractivity (Wildman–Crippen MR) is 66.0 cm³/mol. The quantitative estimate of drug-likeness (QED) is 0.803. The zero-order valence-corrected chi connectivity index (χ0v) is 10.2. The van der Waals surface area contributed by atoms with E-state index in [1.54, 1.807) is 0 Å². The third kappa shape index (κ3) is 1.94. The molecule has 1 aromatic rings. The highest BCUT2D eigenvalue weighted by atomic mass is 16.5. The average Bonchev–Trinajstić information content (AvgIpc) is 2.77. The van der Waals surface area contributed by atoms with Gasteiger partial charge in [-0.05, 0) is 24.9 Å². The summed E-state index contributed by atoms with van der Waals surface area (Å²) >= 11 is 0. The molecule has 2 aliphatic heterocycles. The van der Waals surface area contributed by atoms with Gasteiger partial charge in [-0.15, -0.1) is 0 Å². The molecule has 1 N–H and O–H groups in total. The molecule has 3 unspecified atom stereocenters. The lowest BCUT2D eigenvalue weighted by Gasteiger charge is -2.36. The number of likely N-dealkylation sites (tertiary alicyclic amines) is 1. The first-order valence-corrected chi connectivity index (χ1v) is 6.39. The van der Waals surface area contributed by atoms with Gasteiger partial charge in [0.25, 0.3) is 0 Å². The lowest BCUT2D eigenvalue weighted by molar-refractivity contribution is 0.0127. The highest BCUT2D eigenvalue weighted by Gasteiger charge is 2.36. The molecule has 0 bridgehead atoms. The molecule has 2 aliphatic rings. The van der Waals surface area contributed by atoms with E-state index in [4.69, 9.17) is 4.74 Å². The Kier molecular flexibility index (Phi) is 2.81. The summed E-state index contributed by atoms with van der Waals surface area (Å²) in [5.41, 5.74) is 0.934. The third-order valence-corrected chi connectivity index (χ3v) is 3.94. The standard InChI is InChI=1S/C14H19NO2/c1-10-6-7-15(8-10)12-9-17-13-5-3-2-4-11(13)14(12)16/h2-5,10,12,14,16H,6-9H2,1H3. The smallest absolute Gasteiger partial charge is 0.125 e. The summed E-state index contributed by atoms with van der Waals surface area (Å²) in [6, 6.07) is 7.92. The lowest BCUT2D eigenvalue weighted by atomic mass is 9.98. The largest absolute Gasteiger partial charge is 0.491 e. The number of aliphatic hydroxyl groups excluding tert-OH is 1. The Balaban J connectivity index is 1.82. The highest BCUT2D eigenvalue weighted by molar-refractivity contribution is 5.37. The maximum absolute atomic E-state index is 10.4. The fourth-order valence-corrected chi connectivity index (χ4v) is 2.91. The minimum Gasteiger partial charge on any atom is -0.491 e. The fraction of sp³-hybridized carbons (Fsp3) is 0.571. The molecule has 0 saturated carbocycles. The number of para-hydroxylation sites is 1. The molecule has 1 saturated heterocycles. The van der Waals surface area contributed by atoms with Gasteiger partial charge in [-0.1, -0.05) is 25.1 Å². The number of aliphatic hydroxyl groups is 1. The van der Waals surface area contributed by atoms with Gasteiger partial charge in [-0.25, -0.2) is 0 Å². The fourth-order valence-electron chi connectivity index (χ4n) is 2.91. The number of benzene rings is 1. The van der Waals surface area contributed by atoms with E-state index in [0.29, 0.717) is 6.61 Å². The second-order valence-electron chi connectivity index (χ2n) is 5.25. The Labute approximate surface area is 102 Å². The molecule has 2 heterocycles. The summed E-state index contributed by atoms with van der Waals surface area (Å²) in [5.74, 6) is 1.57. The second kappa shape index (κ2) is 4.31. The van der Waals surface area contributed by atoms with Crippen LogP contribution in [0.2, 0.25) is 0 Å². The van der Waals surface area contributed by atoms with E-state index in [1.807, 2.05) is 24.3 Å². The summed E-state index contributed by atoms with van der Waals surface area (Å²) in [5, 5.41) is 10.4. The van der Waals surface area contributed by atoms with Crippen LogP contribution >= 0.6 is 0 Å². The Morgan fingerprint density at radius 2 is 2.18 bits per heavy atom. The third-order valence-electron chi connectivity index (χ3n) is 3.94. The Hall–Kier alpha value is -1.06. The van der Waals surface area contributed by atoms with Gasteiger partial charge in [0.1, 0.15) is 18.5 Å². The van der Waals surface area contributed by atoms with Crippen LogP contribution in [0.25, 0.3) is 0 Å². The van der Waals surface area contributed by atoms with Crippen LogP contribution < -0.4 is 4.74 Å². The SMILES string of the molecule is CC1CCN(C2COc3ccccc3C2O)C1. The molecule has 3 atom stereocenters. The van der Waals surface area contributed by atoms with Crippen molar-refractivity contribution in [2.24, 2.45) is 5.92 Å². The molecule has 0 spiro atoms. The van der Waals surface area contributed by atoms with E-state index >= 15 is 0 Å². The van der Waals surface area contributed by atoms with E-state index < -0.39 is 6.10 Å². The second-order valence-corrected chi connectivity index (χ2v) is 5.25. The van der Waals surface area contributed by atoms with Crippen LogP contribution in [0, 0.1) is 5.92 Å². The van der Waals surface area contributed by atoms with Crippen LogP contribution in [-0.2, 0) is 0 Å². The predicted octanol–water partition coefficient (Wildman–Crippen LogP) is 1.82. The topological polar surface area (TPSA) is 32.7 Å². The van der Waals surface area contributed by atoms with Gasteiger partial charge in [-0.2, -0.15) is 0 Å². The van der Waals surface area contributed by atoms with Crippen molar-refractivity contribution in [3.05, 3.63) is 29.8 Å². The number of ether oxygens (including phenoxy) is 1. The molecule has 3 rings (SSSR count). The summed E-state index contributed by atoms with van der Waals surface area (Å²) in [4.78, 5) is 2.37. The number of fused-ring (bicyclic) bond motifs is 1. The Morgan fingerprint density at radius 1 is 1.35 bits per heavy atom. The van der Waals surface area contributed by atoms with Crippen LogP contribution in [0.4, 0.5) is 0 Å². The summed E-state index contributed by atoms with van der Waals surface area (Å²) in [7, 11) is 0. The molecule has 0 amide bonds. The maximum atomic E-state index is 10.4. The van der Waals surface area contributed by atoms with Crippen molar-refractivity contribution in [2.75, 3.05) is 19.7 Å². The first-order chi connectivity index (χ1) is 8.25. The van der Waals surface area contributed by atoms with Gasteiger partial charge in [-0.3, -0.25) is 4.90 Å². The normalized spacial score (nSPS) is 33.2. The van der Waals surface area contributed by atoms with Gasteiger partial charge in [0.2, 0.25) is 0 Å². The van der Waals surface area contributed by atoms with Crippen molar-refractivity contribution in [1.29, 1.82) is 0 Å². The minimum absolute atomic E-state index is 0.120. The first-order valence-electron chi connectivity index (χ1n) is 6.39. The minimum atomic E-state index is -0.412. The molecule has 92 valence electrons. The van der Waals surface area contributed by atoms with Crippen molar-refractivity contribution >= 4 is 0 Å². The van der Waals surface area contributed by atoms with Crippen molar-refractivity contribution in [3.63, 3.8) is 0 Å². The van der Waals surface area contributed by atoms with E-state index in [0.717, 1.165) is 30.3 Å². The molecule has 1 aromatic carbocycles. The van der Waals surface area contributed by atoms with Crippen molar-refractivity contribution in [1.82, 2.24) is 4.90 Å². The van der Waals surface area contributed by atoms with Gasteiger partial charge in [0.15, 0.2) is 0 Å². The number of rotatable bonds is 1. The first kappa shape index (κ1) is 11.1. The zero-order valence-electron chi connectivity index (χ0n) is 10.2. The monoisotopic (exact) mass is 233 g/mol. The van der Waals surface area contributed by atoms with E-state index in [2.05, 4.69) is 11.8 Å². The van der Waals surface area contributed by atoms with Crippen LogP contribution in [-0.4, -0.2) is 35.7 Å². The number of hydrogen-bond donors (Lipinski definition) is 1. The van der Waals surface area contributed by atoms with Gasteiger partial charge in [0, 0.05) is 12.1 Å². The Bertz CT molecular complexity index is 407. The molecule has 3 nitrogen and oxygen atoms in total. The van der Waals surface area contributed by atoms with Crippen LogP contribution in [0.15, 0.2) is 24.3 Å².